The zero-order chi connectivity index (χ0) is 21.9. The van der Waals surface area contributed by atoms with Crippen molar-refractivity contribution in [2.24, 2.45) is 0 Å². The lowest BCUT2D eigenvalue weighted by molar-refractivity contribution is 0.0980. The van der Waals surface area contributed by atoms with Gasteiger partial charge < -0.3 is 4.98 Å². The first-order valence-corrected chi connectivity index (χ1v) is 11.3. The molecule has 1 N–H and O–H groups in total. The fraction of sp³-hybridized carbons (Fsp3) is 0.0357. The maximum absolute atomic E-state index is 14.0. The van der Waals surface area contributed by atoms with E-state index in [0.29, 0.717) is 5.56 Å². The summed E-state index contributed by atoms with van der Waals surface area (Å²) in [6, 6.07) is 35.5. The Morgan fingerprint density at radius 2 is 1.38 bits per heavy atom. The Bertz CT molecular complexity index is 1340. The summed E-state index contributed by atoms with van der Waals surface area (Å²) in [4.78, 5) is 19.3. The zero-order valence-electron chi connectivity index (χ0n) is 17.3. The number of benzene rings is 4. The number of fused-ring (bicyclic) bond motifs is 1. The Hall–Kier alpha value is -3.63. The monoisotopic (exact) mass is 480 g/mol. The van der Waals surface area contributed by atoms with E-state index in [1.165, 1.54) is 0 Å². The minimum absolute atomic E-state index is 0.0490. The number of aromatic nitrogens is 1. The number of rotatable bonds is 5. The van der Waals surface area contributed by atoms with E-state index in [0.717, 1.165) is 32.2 Å². The SMILES string of the molecule is O=C(c1ccccc1)N(c1ccc(Br)cc1)C(c1ccccc1)c1c[nH]c2ccccc12. The van der Waals surface area contributed by atoms with Gasteiger partial charge in [-0.1, -0.05) is 82.7 Å². The van der Waals surface area contributed by atoms with Crippen LogP contribution in [-0.2, 0) is 0 Å². The summed E-state index contributed by atoms with van der Waals surface area (Å²) in [6.07, 6.45) is 2.02. The summed E-state index contributed by atoms with van der Waals surface area (Å²) in [6.45, 7) is 0. The van der Waals surface area contributed by atoms with E-state index in [1.807, 2.05) is 96.0 Å². The van der Waals surface area contributed by atoms with Crippen LogP contribution in [0.3, 0.4) is 0 Å². The van der Waals surface area contributed by atoms with Crippen molar-refractivity contribution >= 4 is 38.4 Å². The molecular weight excluding hydrogens is 460 g/mol. The predicted octanol–water partition coefficient (Wildman–Crippen LogP) is 7.37. The van der Waals surface area contributed by atoms with Crippen molar-refractivity contribution in [2.75, 3.05) is 4.90 Å². The molecule has 0 aliphatic carbocycles. The third kappa shape index (κ3) is 3.85. The third-order valence-electron chi connectivity index (χ3n) is 5.63. The smallest absolute Gasteiger partial charge is 0.259 e. The number of halogens is 1. The minimum Gasteiger partial charge on any atom is -0.361 e. The molecule has 0 radical (unpaired) electrons. The van der Waals surface area contributed by atoms with Crippen LogP contribution in [0.5, 0.6) is 0 Å². The highest BCUT2D eigenvalue weighted by Crippen LogP contribution is 2.38. The van der Waals surface area contributed by atoms with Gasteiger partial charge in [0, 0.05) is 38.4 Å². The Kier molecular flexibility index (Phi) is 5.61. The molecule has 4 heteroatoms. The molecule has 4 aromatic carbocycles. The number of amides is 1. The van der Waals surface area contributed by atoms with Gasteiger partial charge in [0.2, 0.25) is 0 Å². The highest BCUT2D eigenvalue weighted by molar-refractivity contribution is 9.10. The van der Waals surface area contributed by atoms with Crippen molar-refractivity contribution in [3.8, 4) is 0 Å². The van der Waals surface area contributed by atoms with Crippen molar-refractivity contribution in [3.05, 3.63) is 137 Å². The van der Waals surface area contributed by atoms with Crippen LogP contribution in [0, 0.1) is 0 Å². The first-order chi connectivity index (χ1) is 15.7. The summed E-state index contributed by atoms with van der Waals surface area (Å²) in [5, 5.41) is 1.10. The Morgan fingerprint density at radius 1 is 0.750 bits per heavy atom. The van der Waals surface area contributed by atoms with Crippen molar-refractivity contribution in [3.63, 3.8) is 0 Å². The second-order valence-electron chi connectivity index (χ2n) is 7.62. The van der Waals surface area contributed by atoms with E-state index in [4.69, 9.17) is 0 Å². The fourth-order valence-corrected chi connectivity index (χ4v) is 4.39. The van der Waals surface area contributed by atoms with Gasteiger partial charge >= 0.3 is 0 Å². The van der Waals surface area contributed by atoms with Crippen LogP contribution in [0.15, 0.2) is 120 Å². The molecule has 32 heavy (non-hydrogen) atoms. The normalized spacial score (nSPS) is 11.9. The molecule has 0 aliphatic heterocycles. The number of carbonyl (C=O) groups is 1. The summed E-state index contributed by atoms with van der Waals surface area (Å²) in [5.41, 5.74) is 4.63. The summed E-state index contributed by atoms with van der Waals surface area (Å²) >= 11 is 3.52. The molecule has 0 spiro atoms. The number of para-hydroxylation sites is 1. The molecule has 1 atom stereocenters. The van der Waals surface area contributed by atoms with E-state index >= 15 is 0 Å². The molecule has 3 nitrogen and oxygen atoms in total. The number of carbonyl (C=O) groups excluding carboxylic acids is 1. The quantitative estimate of drug-likeness (QED) is 0.280. The molecular formula is C28H21BrN2O. The molecule has 0 saturated carbocycles. The van der Waals surface area contributed by atoms with Crippen molar-refractivity contribution < 1.29 is 4.79 Å². The second-order valence-corrected chi connectivity index (χ2v) is 8.54. The number of H-pyrrole nitrogens is 1. The summed E-state index contributed by atoms with van der Waals surface area (Å²) < 4.78 is 0.969. The standard InChI is InChI=1S/C28H21BrN2O/c29-22-15-17-23(18-16-22)31(28(32)21-11-5-2-6-12-21)27(20-9-3-1-4-10-20)25-19-30-26-14-8-7-13-24(25)26/h1-19,27,30H. The lowest BCUT2D eigenvalue weighted by Crippen LogP contribution is -2.35. The minimum atomic E-state index is -0.304. The summed E-state index contributed by atoms with van der Waals surface area (Å²) in [5.74, 6) is -0.0490. The first kappa shape index (κ1) is 20.3. The zero-order valence-corrected chi connectivity index (χ0v) is 18.9. The molecule has 0 fully saturated rings. The molecule has 1 amide bonds. The average molecular weight is 481 g/mol. The van der Waals surface area contributed by atoms with Crippen molar-refractivity contribution in [1.29, 1.82) is 0 Å². The van der Waals surface area contributed by atoms with Crippen LogP contribution in [0.4, 0.5) is 5.69 Å². The van der Waals surface area contributed by atoms with Crippen LogP contribution in [0.2, 0.25) is 0 Å². The molecule has 0 saturated heterocycles. The topological polar surface area (TPSA) is 36.1 Å². The maximum atomic E-state index is 14.0. The number of nitrogens with one attached hydrogen (secondary N) is 1. The molecule has 5 aromatic rings. The molecule has 5 rings (SSSR count). The van der Waals surface area contributed by atoms with Crippen molar-refractivity contribution in [2.45, 2.75) is 6.04 Å². The molecule has 1 heterocycles. The number of nitrogens with zero attached hydrogens (tertiary/aromatic N) is 1. The van der Waals surface area contributed by atoms with E-state index in [9.17, 15) is 4.79 Å². The number of anilines is 1. The Labute approximate surface area is 195 Å². The summed E-state index contributed by atoms with van der Waals surface area (Å²) in [7, 11) is 0. The molecule has 156 valence electrons. The van der Waals surface area contributed by atoms with Crippen LogP contribution in [0.1, 0.15) is 27.5 Å². The van der Waals surface area contributed by atoms with E-state index in [2.05, 4.69) is 45.2 Å². The first-order valence-electron chi connectivity index (χ1n) is 10.5. The van der Waals surface area contributed by atoms with Gasteiger partial charge in [-0.05, 0) is 48.0 Å². The van der Waals surface area contributed by atoms with Gasteiger partial charge in [0.15, 0.2) is 0 Å². The molecule has 0 bridgehead atoms. The molecule has 1 aromatic heterocycles. The Balaban J connectivity index is 1.76. The van der Waals surface area contributed by atoms with E-state index in [-0.39, 0.29) is 11.9 Å². The van der Waals surface area contributed by atoms with Gasteiger partial charge in [-0.3, -0.25) is 9.69 Å². The van der Waals surface area contributed by atoms with Crippen LogP contribution in [-0.4, -0.2) is 10.9 Å². The lowest BCUT2D eigenvalue weighted by Gasteiger charge is -2.33. The van der Waals surface area contributed by atoms with Gasteiger partial charge in [-0.15, -0.1) is 0 Å². The third-order valence-corrected chi connectivity index (χ3v) is 6.16. The largest absolute Gasteiger partial charge is 0.361 e. The second kappa shape index (κ2) is 8.85. The predicted molar refractivity (Wildman–Crippen MR) is 134 cm³/mol. The fourth-order valence-electron chi connectivity index (χ4n) is 4.13. The van der Waals surface area contributed by atoms with Crippen LogP contribution >= 0.6 is 15.9 Å². The molecule has 1 unspecified atom stereocenters. The maximum Gasteiger partial charge on any atom is 0.259 e. The highest BCUT2D eigenvalue weighted by atomic mass is 79.9. The van der Waals surface area contributed by atoms with Gasteiger partial charge in [0.05, 0.1) is 6.04 Å². The number of hydrogen-bond donors (Lipinski definition) is 1. The number of aromatic amines is 1. The van der Waals surface area contributed by atoms with Crippen LogP contribution < -0.4 is 4.90 Å². The van der Waals surface area contributed by atoms with Crippen LogP contribution in [0.25, 0.3) is 10.9 Å². The van der Waals surface area contributed by atoms with Gasteiger partial charge in [-0.2, -0.15) is 0 Å². The van der Waals surface area contributed by atoms with Crippen molar-refractivity contribution in [1.82, 2.24) is 4.98 Å². The van der Waals surface area contributed by atoms with E-state index < -0.39 is 0 Å². The highest BCUT2D eigenvalue weighted by Gasteiger charge is 2.30. The Morgan fingerprint density at radius 3 is 2.09 bits per heavy atom. The number of hydrogen-bond acceptors (Lipinski definition) is 1. The van der Waals surface area contributed by atoms with Gasteiger partial charge in [0.25, 0.3) is 5.91 Å². The lowest BCUT2D eigenvalue weighted by atomic mass is 9.95. The van der Waals surface area contributed by atoms with Gasteiger partial charge in [-0.25, -0.2) is 0 Å². The average Bonchev–Trinajstić information content (AvgIpc) is 3.28. The van der Waals surface area contributed by atoms with E-state index in [1.54, 1.807) is 0 Å². The van der Waals surface area contributed by atoms with Gasteiger partial charge in [0.1, 0.15) is 0 Å². The molecule has 0 aliphatic rings.